The van der Waals surface area contributed by atoms with E-state index in [1.807, 2.05) is 0 Å². The van der Waals surface area contributed by atoms with Gasteiger partial charge in [0.15, 0.2) is 9.84 Å². The van der Waals surface area contributed by atoms with Gasteiger partial charge in [0.25, 0.3) is 0 Å². The summed E-state index contributed by atoms with van der Waals surface area (Å²) >= 11 is 0. The molecule has 0 bridgehead atoms. The Morgan fingerprint density at radius 2 is 1.81 bits per heavy atom. The third-order valence-corrected chi connectivity index (χ3v) is 5.65. The highest BCUT2D eigenvalue weighted by molar-refractivity contribution is 7.92. The molecule has 0 heterocycles. The van der Waals surface area contributed by atoms with Crippen LogP contribution in [0.1, 0.15) is 46.0 Å². The predicted octanol–water partition coefficient (Wildman–Crippen LogP) is 1.98. The minimum atomic E-state index is -2.86. The smallest absolute Gasteiger partial charge is 0.153 e. The van der Waals surface area contributed by atoms with Crippen molar-refractivity contribution in [3.05, 3.63) is 0 Å². The Kier molecular flexibility index (Phi) is 5.76. The van der Waals surface area contributed by atoms with Crippen molar-refractivity contribution in [2.45, 2.75) is 51.2 Å². The van der Waals surface area contributed by atoms with Crippen LogP contribution in [0.15, 0.2) is 0 Å². The van der Waals surface area contributed by atoms with Gasteiger partial charge in [-0.05, 0) is 39.2 Å². The molecule has 0 aromatic heterocycles. The van der Waals surface area contributed by atoms with Gasteiger partial charge in [-0.2, -0.15) is 0 Å². The van der Waals surface area contributed by atoms with Crippen molar-refractivity contribution in [3.63, 3.8) is 0 Å². The van der Waals surface area contributed by atoms with Crippen molar-refractivity contribution >= 4 is 9.84 Å². The van der Waals surface area contributed by atoms with Crippen LogP contribution in [0.4, 0.5) is 0 Å². The van der Waals surface area contributed by atoms with E-state index in [0.29, 0.717) is 6.54 Å². The predicted molar refractivity (Wildman–Crippen MR) is 68.4 cm³/mol. The first-order chi connectivity index (χ1) is 7.52. The van der Waals surface area contributed by atoms with Crippen molar-refractivity contribution in [2.24, 2.45) is 5.92 Å². The Morgan fingerprint density at radius 3 is 2.38 bits per heavy atom. The maximum Gasteiger partial charge on any atom is 0.153 e. The number of nitrogens with one attached hydrogen (secondary N) is 1. The fourth-order valence-electron chi connectivity index (χ4n) is 2.15. The molecule has 0 saturated heterocycles. The van der Waals surface area contributed by atoms with Gasteiger partial charge >= 0.3 is 0 Å². The number of hydrogen-bond donors (Lipinski definition) is 1. The second-order valence-corrected chi connectivity index (χ2v) is 7.80. The van der Waals surface area contributed by atoms with Crippen molar-refractivity contribution in [1.82, 2.24) is 5.32 Å². The van der Waals surface area contributed by atoms with Crippen LogP contribution >= 0.6 is 0 Å². The molecule has 1 rings (SSSR count). The van der Waals surface area contributed by atoms with E-state index >= 15 is 0 Å². The molecule has 0 aromatic rings. The standard InChI is InChI=1S/C12H25NO2S/c1-11(2)16(14,15)9-8-13-10-12-6-4-3-5-7-12/h11-13H,3-10H2,1-2H3. The Morgan fingerprint density at radius 1 is 1.19 bits per heavy atom. The maximum absolute atomic E-state index is 11.5. The Bertz CT molecular complexity index is 279. The molecule has 0 spiro atoms. The number of sulfone groups is 1. The van der Waals surface area contributed by atoms with Crippen LogP contribution in [0.5, 0.6) is 0 Å². The summed E-state index contributed by atoms with van der Waals surface area (Å²) in [5, 5.41) is 3.04. The molecular formula is C12H25NO2S. The molecule has 4 heteroatoms. The summed E-state index contributed by atoms with van der Waals surface area (Å²) in [6.45, 7) is 5.09. The highest BCUT2D eigenvalue weighted by Crippen LogP contribution is 2.22. The first-order valence-electron chi connectivity index (χ1n) is 6.44. The van der Waals surface area contributed by atoms with E-state index in [9.17, 15) is 8.42 Å². The zero-order valence-electron chi connectivity index (χ0n) is 10.5. The average molecular weight is 247 g/mol. The lowest BCUT2D eigenvalue weighted by Crippen LogP contribution is -2.31. The molecule has 0 aliphatic heterocycles. The third-order valence-electron chi connectivity index (χ3n) is 3.44. The Labute approximate surface area is 99.9 Å². The van der Waals surface area contributed by atoms with E-state index in [1.165, 1.54) is 32.1 Å². The average Bonchev–Trinajstić information content (AvgIpc) is 2.26. The summed E-state index contributed by atoms with van der Waals surface area (Å²) in [6, 6.07) is 0. The van der Waals surface area contributed by atoms with E-state index in [0.717, 1.165) is 12.5 Å². The molecule has 3 nitrogen and oxygen atoms in total. The van der Waals surface area contributed by atoms with Gasteiger partial charge in [-0.25, -0.2) is 8.42 Å². The second-order valence-electron chi connectivity index (χ2n) is 5.12. The SMILES string of the molecule is CC(C)S(=O)(=O)CCNCC1CCCCC1. The normalized spacial score (nSPS) is 19.2. The van der Waals surface area contributed by atoms with Gasteiger partial charge in [-0.3, -0.25) is 0 Å². The minimum absolute atomic E-state index is 0.246. The molecule has 0 aromatic carbocycles. The van der Waals surface area contributed by atoms with Crippen LogP contribution in [0.2, 0.25) is 0 Å². The zero-order valence-corrected chi connectivity index (χ0v) is 11.4. The molecular weight excluding hydrogens is 222 g/mol. The van der Waals surface area contributed by atoms with Gasteiger partial charge in [-0.15, -0.1) is 0 Å². The molecule has 0 radical (unpaired) electrons. The molecule has 0 amide bonds. The monoisotopic (exact) mass is 247 g/mol. The summed E-state index contributed by atoms with van der Waals surface area (Å²) in [5.41, 5.74) is 0. The Balaban J connectivity index is 2.11. The number of rotatable bonds is 6. The maximum atomic E-state index is 11.5. The molecule has 1 aliphatic carbocycles. The molecule has 1 fully saturated rings. The van der Waals surface area contributed by atoms with Crippen LogP contribution in [0.25, 0.3) is 0 Å². The fourth-order valence-corrected chi connectivity index (χ4v) is 3.05. The quantitative estimate of drug-likeness (QED) is 0.730. The van der Waals surface area contributed by atoms with E-state index in [-0.39, 0.29) is 11.0 Å². The summed E-state index contributed by atoms with van der Waals surface area (Å²) < 4.78 is 23.1. The van der Waals surface area contributed by atoms with Crippen LogP contribution in [-0.4, -0.2) is 32.5 Å². The molecule has 96 valence electrons. The summed E-state index contributed by atoms with van der Waals surface area (Å²) in [5.74, 6) is 1.05. The van der Waals surface area contributed by atoms with Gasteiger partial charge in [0.05, 0.1) is 11.0 Å². The van der Waals surface area contributed by atoms with Gasteiger partial charge in [-0.1, -0.05) is 19.3 Å². The van der Waals surface area contributed by atoms with Crippen LogP contribution in [0.3, 0.4) is 0 Å². The Hall–Kier alpha value is -0.0900. The van der Waals surface area contributed by atoms with E-state index in [2.05, 4.69) is 5.32 Å². The van der Waals surface area contributed by atoms with E-state index < -0.39 is 9.84 Å². The highest BCUT2D eigenvalue weighted by Gasteiger charge is 2.16. The first-order valence-corrected chi connectivity index (χ1v) is 8.16. The second kappa shape index (κ2) is 6.60. The molecule has 16 heavy (non-hydrogen) atoms. The lowest BCUT2D eigenvalue weighted by atomic mass is 9.89. The summed E-state index contributed by atoms with van der Waals surface area (Å²) in [4.78, 5) is 0. The fraction of sp³-hybridized carbons (Fsp3) is 1.00. The van der Waals surface area contributed by atoms with Crippen molar-refractivity contribution < 1.29 is 8.42 Å². The molecule has 1 aliphatic rings. The van der Waals surface area contributed by atoms with Gasteiger partial charge in [0.1, 0.15) is 0 Å². The molecule has 0 atom stereocenters. The molecule has 1 N–H and O–H groups in total. The van der Waals surface area contributed by atoms with Crippen molar-refractivity contribution in [3.8, 4) is 0 Å². The van der Waals surface area contributed by atoms with E-state index in [4.69, 9.17) is 0 Å². The molecule has 0 unspecified atom stereocenters. The number of hydrogen-bond acceptors (Lipinski definition) is 3. The lowest BCUT2D eigenvalue weighted by molar-refractivity contribution is 0.345. The molecule has 1 saturated carbocycles. The zero-order chi connectivity index (χ0) is 12.0. The van der Waals surface area contributed by atoms with Crippen molar-refractivity contribution in [2.75, 3.05) is 18.8 Å². The van der Waals surface area contributed by atoms with Crippen molar-refractivity contribution in [1.29, 1.82) is 0 Å². The van der Waals surface area contributed by atoms with E-state index in [1.54, 1.807) is 13.8 Å². The minimum Gasteiger partial charge on any atom is -0.315 e. The van der Waals surface area contributed by atoms with Crippen LogP contribution in [0, 0.1) is 5.92 Å². The summed E-state index contributed by atoms with van der Waals surface area (Å²) in [6.07, 6.45) is 6.68. The first kappa shape index (κ1) is 14.0. The van der Waals surface area contributed by atoms with Gasteiger partial charge in [0, 0.05) is 6.54 Å². The topological polar surface area (TPSA) is 46.2 Å². The lowest BCUT2D eigenvalue weighted by Gasteiger charge is -2.21. The third kappa shape index (κ3) is 4.83. The highest BCUT2D eigenvalue weighted by atomic mass is 32.2. The van der Waals surface area contributed by atoms with Crippen LogP contribution in [-0.2, 0) is 9.84 Å². The van der Waals surface area contributed by atoms with Crippen LogP contribution < -0.4 is 5.32 Å². The largest absolute Gasteiger partial charge is 0.315 e. The van der Waals surface area contributed by atoms with Gasteiger partial charge < -0.3 is 5.32 Å². The summed E-state index contributed by atoms with van der Waals surface area (Å²) in [7, 11) is -2.86. The van der Waals surface area contributed by atoms with Gasteiger partial charge in [0.2, 0.25) is 0 Å².